The van der Waals surface area contributed by atoms with Crippen LogP contribution in [0.3, 0.4) is 0 Å². The largest absolute Gasteiger partial charge is 0.352 e. The fraction of sp³-hybridized carbons (Fsp3) is 0.312. The predicted octanol–water partition coefficient (Wildman–Crippen LogP) is 3.52. The highest BCUT2D eigenvalue weighted by Crippen LogP contribution is 2.16. The van der Waals surface area contributed by atoms with Crippen LogP contribution in [0.4, 0.5) is 0 Å². The Bertz CT molecular complexity index is 563. The lowest BCUT2D eigenvalue weighted by Crippen LogP contribution is -2.36. The number of carbonyl (C=O) groups is 1. The fourth-order valence-electron chi connectivity index (χ4n) is 2.06. The number of benzene rings is 2. The van der Waals surface area contributed by atoms with Crippen molar-refractivity contribution in [3.8, 4) is 0 Å². The van der Waals surface area contributed by atoms with Crippen molar-refractivity contribution in [2.24, 2.45) is 0 Å². The molecule has 2 rings (SSSR count). The summed E-state index contributed by atoms with van der Waals surface area (Å²) in [5.74, 6) is 0.489. The van der Waals surface area contributed by atoms with E-state index in [1.54, 1.807) is 0 Å². The van der Waals surface area contributed by atoms with Gasteiger partial charge >= 0.3 is 0 Å². The molecule has 100 valence electrons. The minimum absolute atomic E-state index is 0.0304. The second-order valence-electron chi connectivity index (χ2n) is 4.69. The molecule has 1 atom stereocenters. The van der Waals surface area contributed by atoms with Crippen LogP contribution in [0.1, 0.15) is 18.9 Å². The van der Waals surface area contributed by atoms with Crippen LogP contribution >= 0.6 is 11.6 Å². The van der Waals surface area contributed by atoms with E-state index >= 15 is 0 Å². The first-order valence-corrected chi connectivity index (χ1v) is 7.09. The summed E-state index contributed by atoms with van der Waals surface area (Å²) in [6.45, 7) is 2.02. The molecule has 0 aromatic heterocycles. The molecule has 0 radical (unpaired) electrons. The Labute approximate surface area is 118 Å². The summed E-state index contributed by atoms with van der Waals surface area (Å²) in [6.07, 6.45) is 1.26. The van der Waals surface area contributed by atoms with E-state index in [0.717, 1.165) is 17.4 Å². The van der Waals surface area contributed by atoms with Crippen LogP contribution in [-0.4, -0.2) is 17.8 Å². The van der Waals surface area contributed by atoms with Gasteiger partial charge in [0.25, 0.3) is 0 Å². The van der Waals surface area contributed by atoms with Gasteiger partial charge in [0.2, 0.25) is 5.91 Å². The van der Waals surface area contributed by atoms with Crippen molar-refractivity contribution >= 4 is 28.3 Å². The third-order valence-corrected chi connectivity index (χ3v) is 3.60. The third-order valence-electron chi connectivity index (χ3n) is 3.22. The molecular weight excluding hydrogens is 258 g/mol. The number of amides is 1. The van der Waals surface area contributed by atoms with Gasteiger partial charge in [-0.3, -0.25) is 4.79 Å². The monoisotopic (exact) mass is 275 g/mol. The maximum Gasteiger partial charge on any atom is 0.224 e. The number of alkyl halides is 1. The molecule has 3 heteroatoms. The maximum atomic E-state index is 11.9. The van der Waals surface area contributed by atoms with Gasteiger partial charge in [0.1, 0.15) is 0 Å². The second-order valence-corrected chi connectivity index (χ2v) is 4.99. The van der Waals surface area contributed by atoms with Gasteiger partial charge in [-0.15, -0.1) is 11.6 Å². The summed E-state index contributed by atoms with van der Waals surface area (Å²) in [5.41, 5.74) is 1.03. The highest BCUT2D eigenvalue weighted by atomic mass is 35.5. The molecule has 0 fully saturated rings. The molecule has 2 aromatic rings. The van der Waals surface area contributed by atoms with E-state index in [1.165, 1.54) is 5.39 Å². The zero-order valence-corrected chi connectivity index (χ0v) is 11.8. The quantitative estimate of drug-likeness (QED) is 0.831. The van der Waals surface area contributed by atoms with Gasteiger partial charge in [0.15, 0.2) is 0 Å². The van der Waals surface area contributed by atoms with Gasteiger partial charge in [-0.2, -0.15) is 0 Å². The van der Waals surface area contributed by atoms with Crippen molar-refractivity contribution in [2.45, 2.75) is 25.8 Å². The van der Waals surface area contributed by atoms with Gasteiger partial charge in [0, 0.05) is 11.9 Å². The van der Waals surface area contributed by atoms with Gasteiger partial charge in [-0.25, -0.2) is 0 Å². The van der Waals surface area contributed by atoms with Crippen molar-refractivity contribution in [3.63, 3.8) is 0 Å². The van der Waals surface area contributed by atoms with E-state index < -0.39 is 0 Å². The minimum atomic E-state index is 0.0304. The van der Waals surface area contributed by atoms with Crippen LogP contribution in [0, 0.1) is 0 Å². The summed E-state index contributed by atoms with van der Waals surface area (Å²) < 4.78 is 0. The van der Waals surface area contributed by atoms with Crippen molar-refractivity contribution in [1.29, 1.82) is 0 Å². The SMILES string of the molecule is CCC(CCl)NC(=O)Cc1ccc2ccccc2c1. The van der Waals surface area contributed by atoms with Crippen LogP contribution in [0.5, 0.6) is 0 Å². The van der Waals surface area contributed by atoms with E-state index in [2.05, 4.69) is 29.6 Å². The van der Waals surface area contributed by atoms with E-state index in [-0.39, 0.29) is 11.9 Å². The highest BCUT2D eigenvalue weighted by molar-refractivity contribution is 6.18. The Morgan fingerprint density at radius 1 is 1.21 bits per heavy atom. The summed E-state index contributed by atoms with van der Waals surface area (Å²) in [7, 11) is 0. The van der Waals surface area contributed by atoms with Crippen molar-refractivity contribution in [3.05, 3.63) is 48.0 Å². The van der Waals surface area contributed by atoms with Crippen LogP contribution in [0.2, 0.25) is 0 Å². The molecule has 0 spiro atoms. The van der Waals surface area contributed by atoms with Gasteiger partial charge in [-0.05, 0) is 22.8 Å². The van der Waals surface area contributed by atoms with Crippen LogP contribution in [-0.2, 0) is 11.2 Å². The number of hydrogen-bond acceptors (Lipinski definition) is 1. The van der Waals surface area contributed by atoms with Gasteiger partial charge in [0.05, 0.1) is 6.42 Å². The molecule has 2 nitrogen and oxygen atoms in total. The van der Waals surface area contributed by atoms with Crippen LogP contribution in [0.15, 0.2) is 42.5 Å². The first kappa shape index (κ1) is 13.9. The topological polar surface area (TPSA) is 29.1 Å². The number of fused-ring (bicyclic) bond motifs is 1. The van der Waals surface area contributed by atoms with Crippen molar-refractivity contribution < 1.29 is 4.79 Å². The molecule has 1 N–H and O–H groups in total. The Balaban J connectivity index is 2.06. The molecule has 0 heterocycles. The summed E-state index contributed by atoms with van der Waals surface area (Å²) in [5, 5.41) is 5.30. The molecule has 2 aromatic carbocycles. The van der Waals surface area contributed by atoms with E-state index in [0.29, 0.717) is 12.3 Å². The van der Waals surface area contributed by atoms with Gasteiger partial charge in [-0.1, -0.05) is 49.4 Å². The second kappa shape index (κ2) is 6.58. The average molecular weight is 276 g/mol. The lowest BCUT2D eigenvalue weighted by atomic mass is 10.0. The number of nitrogens with one attached hydrogen (secondary N) is 1. The predicted molar refractivity (Wildman–Crippen MR) is 80.6 cm³/mol. The van der Waals surface area contributed by atoms with E-state index in [1.807, 2.05) is 25.1 Å². The molecule has 0 aliphatic heterocycles. The Hall–Kier alpha value is -1.54. The Morgan fingerprint density at radius 2 is 1.95 bits per heavy atom. The molecule has 1 unspecified atom stereocenters. The normalized spacial score (nSPS) is 12.3. The molecule has 19 heavy (non-hydrogen) atoms. The summed E-state index contributed by atoms with van der Waals surface area (Å²) in [6, 6.07) is 14.3. The molecule has 0 aliphatic carbocycles. The van der Waals surface area contributed by atoms with Gasteiger partial charge < -0.3 is 5.32 Å². The molecular formula is C16H18ClNO. The zero-order chi connectivity index (χ0) is 13.7. The van der Waals surface area contributed by atoms with E-state index in [4.69, 9.17) is 11.6 Å². The Kier molecular flexibility index (Phi) is 4.80. The van der Waals surface area contributed by atoms with Crippen molar-refractivity contribution in [1.82, 2.24) is 5.32 Å². The number of carbonyl (C=O) groups excluding carboxylic acids is 1. The molecule has 0 bridgehead atoms. The number of hydrogen-bond donors (Lipinski definition) is 1. The standard InChI is InChI=1S/C16H18ClNO/c1-2-15(11-17)18-16(19)10-12-7-8-13-5-3-4-6-14(13)9-12/h3-9,15H,2,10-11H2,1H3,(H,18,19). The number of rotatable bonds is 5. The first-order chi connectivity index (χ1) is 9.22. The fourth-order valence-corrected chi connectivity index (χ4v) is 2.36. The van der Waals surface area contributed by atoms with E-state index in [9.17, 15) is 4.79 Å². The zero-order valence-electron chi connectivity index (χ0n) is 11.0. The third kappa shape index (κ3) is 3.71. The highest BCUT2D eigenvalue weighted by Gasteiger charge is 2.09. The molecule has 1 amide bonds. The summed E-state index contributed by atoms with van der Waals surface area (Å²) in [4.78, 5) is 11.9. The average Bonchev–Trinajstić information content (AvgIpc) is 2.44. The maximum absolute atomic E-state index is 11.9. The lowest BCUT2D eigenvalue weighted by Gasteiger charge is -2.13. The molecule has 0 saturated heterocycles. The minimum Gasteiger partial charge on any atom is -0.352 e. The molecule has 0 saturated carbocycles. The smallest absolute Gasteiger partial charge is 0.224 e. The molecule has 0 aliphatic rings. The Morgan fingerprint density at radius 3 is 2.63 bits per heavy atom. The van der Waals surface area contributed by atoms with Crippen LogP contribution in [0.25, 0.3) is 10.8 Å². The lowest BCUT2D eigenvalue weighted by molar-refractivity contribution is -0.121. The number of halogens is 1. The van der Waals surface area contributed by atoms with Crippen LogP contribution < -0.4 is 5.32 Å². The first-order valence-electron chi connectivity index (χ1n) is 6.56. The summed E-state index contributed by atoms with van der Waals surface area (Å²) >= 11 is 5.78. The van der Waals surface area contributed by atoms with Crippen molar-refractivity contribution in [2.75, 3.05) is 5.88 Å².